The zero-order valence-electron chi connectivity index (χ0n) is 13.7. The highest BCUT2D eigenvalue weighted by Crippen LogP contribution is 2.10. The van der Waals surface area contributed by atoms with E-state index in [0.717, 1.165) is 12.0 Å². The summed E-state index contributed by atoms with van der Waals surface area (Å²) in [6.07, 6.45) is 2.67. The third-order valence-electron chi connectivity index (χ3n) is 3.19. The molecule has 0 fully saturated rings. The molecule has 0 aliphatic rings. The molecule has 0 radical (unpaired) electrons. The van der Waals surface area contributed by atoms with Crippen molar-refractivity contribution in [3.05, 3.63) is 48.0 Å². The Morgan fingerprint density at radius 1 is 1.26 bits per heavy atom. The van der Waals surface area contributed by atoms with Gasteiger partial charge in [-0.1, -0.05) is 44.2 Å². The van der Waals surface area contributed by atoms with Gasteiger partial charge in [0.1, 0.15) is 0 Å². The minimum Gasteiger partial charge on any atom is -0.480 e. The number of carbonyl (C=O) groups is 2. The number of carbonyl (C=O) groups excluding carboxylic acids is 1. The van der Waals surface area contributed by atoms with Crippen LogP contribution in [0, 0.1) is 5.92 Å². The molecular weight excluding hydrogens is 294 g/mol. The Morgan fingerprint density at radius 3 is 2.39 bits per heavy atom. The number of hydrogen-bond donors (Lipinski definition) is 2. The van der Waals surface area contributed by atoms with E-state index in [1.54, 1.807) is 0 Å². The first-order valence-electron chi connectivity index (χ1n) is 7.71. The number of amides is 1. The van der Waals surface area contributed by atoms with Crippen LogP contribution in [0.3, 0.4) is 0 Å². The summed E-state index contributed by atoms with van der Waals surface area (Å²) in [5.74, 6) is -0.873. The lowest BCUT2D eigenvalue weighted by Gasteiger charge is -2.14. The van der Waals surface area contributed by atoms with E-state index in [1.807, 2.05) is 24.3 Å². The van der Waals surface area contributed by atoms with E-state index in [9.17, 15) is 9.59 Å². The van der Waals surface area contributed by atoms with Crippen LogP contribution < -0.4 is 5.32 Å². The standard InChI is InChI=1S/C18H25NO4/c1-4-9-23-12-16(18(21)22)19-17(20)11-15-7-5-14(6-8-15)10-13(2)3/h4-8,13,16H,1,9-12H2,2-3H3,(H,19,20)(H,21,22). The first-order chi connectivity index (χ1) is 10.9. The fourth-order valence-electron chi connectivity index (χ4n) is 2.14. The molecule has 1 amide bonds. The van der Waals surface area contributed by atoms with Crippen molar-refractivity contribution in [1.29, 1.82) is 0 Å². The van der Waals surface area contributed by atoms with E-state index in [1.165, 1.54) is 11.6 Å². The number of aliphatic carboxylic acids is 1. The summed E-state index contributed by atoms with van der Waals surface area (Å²) in [4.78, 5) is 23.1. The van der Waals surface area contributed by atoms with Gasteiger partial charge in [-0.25, -0.2) is 4.79 Å². The molecule has 1 atom stereocenters. The number of hydrogen-bond acceptors (Lipinski definition) is 3. The second kappa shape index (κ2) is 9.79. The summed E-state index contributed by atoms with van der Waals surface area (Å²) in [6, 6.07) is 6.76. The van der Waals surface area contributed by atoms with Gasteiger partial charge in [-0.3, -0.25) is 4.79 Å². The Kier molecular flexibility index (Phi) is 8.05. The molecule has 1 aromatic rings. The Balaban J connectivity index is 2.53. The Hall–Kier alpha value is -2.14. The molecule has 1 rings (SSSR count). The maximum Gasteiger partial charge on any atom is 0.328 e. The molecule has 0 saturated heterocycles. The zero-order valence-corrected chi connectivity index (χ0v) is 13.7. The highest BCUT2D eigenvalue weighted by molar-refractivity contribution is 5.84. The minimum absolute atomic E-state index is 0.0829. The van der Waals surface area contributed by atoms with E-state index in [2.05, 4.69) is 25.7 Å². The van der Waals surface area contributed by atoms with Crippen molar-refractivity contribution in [2.45, 2.75) is 32.7 Å². The molecule has 23 heavy (non-hydrogen) atoms. The number of carboxylic acid groups (broad SMARTS) is 1. The van der Waals surface area contributed by atoms with Crippen LogP contribution in [0.15, 0.2) is 36.9 Å². The molecule has 1 aromatic carbocycles. The molecular formula is C18H25NO4. The topological polar surface area (TPSA) is 75.6 Å². The lowest BCUT2D eigenvalue weighted by molar-refractivity contribution is -0.143. The van der Waals surface area contributed by atoms with Crippen molar-refractivity contribution >= 4 is 11.9 Å². The molecule has 1 unspecified atom stereocenters. The van der Waals surface area contributed by atoms with Crippen LogP contribution in [-0.4, -0.2) is 36.2 Å². The third kappa shape index (κ3) is 7.61. The molecule has 126 valence electrons. The number of rotatable bonds is 10. The summed E-state index contributed by atoms with van der Waals surface area (Å²) in [7, 11) is 0. The van der Waals surface area contributed by atoms with Crippen molar-refractivity contribution in [3.8, 4) is 0 Å². The van der Waals surface area contributed by atoms with Crippen molar-refractivity contribution in [2.24, 2.45) is 5.92 Å². The first kappa shape index (κ1) is 18.9. The van der Waals surface area contributed by atoms with E-state index in [-0.39, 0.29) is 25.5 Å². The molecule has 0 spiro atoms. The van der Waals surface area contributed by atoms with E-state index < -0.39 is 12.0 Å². The fraction of sp³-hybridized carbons (Fsp3) is 0.444. The number of nitrogens with one attached hydrogen (secondary N) is 1. The normalized spacial score (nSPS) is 12.0. The Labute approximate surface area is 137 Å². The van der Waals surface area contributed by atoms with Gasteiger partial charge in [0, 0.05) is 0 Å². The van der Waals surface area contributed by atoms with Gasteiger partial charge >= 0.3 is 5.97 Å². The molecule has 2 N–H and O–H groups in total. The summed E-state index contributed by atoms with van der Waals surface area (Å²) < 4.78 is 5.10. The average molecular weight is 319 g/mol. The monoisotopic (exact) mass is 319 g/mol. The molecule has 0 aliphatic heterocycles. The van der Waals surface area contributed by atoms with Crippen LogP contribution in [0.25, 0.3) is 0 Å². The lowest BCUT2D eigenvalue weighted by atomic mass is 10.0. The van der Waals surface area contributed by atoms with Crippen LogP contribution in [0.1, 0.15) is 25.0 Å². The smallest absolute Gasteiger partial charge is 0.328 e. The molecule has 5 nitrogen and oxygen atoms in total. The van der Waals surface area contributed by atoms with Gasteiger partial charge < -0.3 is 15.2 Å². The van der Waals surface area contributed by atoms with Gasteiger partial charge in [0.25, 0.3) is 0 Å². The second-order valence-corrected chi connectivity index (χ2v) is 5.88. The number of carboxylic acids is 1. The number of ether oxygens (including phenoxy) is 1. The van der Waals surface area contributed by atoms with Crippen molar-refractivity contribution in [3.63, 3.8) is 0 Å². The van der Waals surface area contributed by atoms with Gasteiger partial charge in [-0.05, 0) is 23.5 Å². The molecule has 5 heteroatoms. The maximum absolute atomic E-state index is 12.0. The zero-order chi connectivity index (χ0) is 17.2. The van der Waals surface area contributed by atoms with Crippen LogP contribution in [0.4, 0.5) is 0 Å². The van der Waals surface area contributed by atoms with Gasteiger partial charge in [0.2, 0.25) is 5.91 Å². The predicted octanol–water partition coefficient (Wildman–Crippen LogP) is 2.20. The van der Waals surface area contributed by atoms with Crippen LogP contribution >= 0.6 is 0 Å². The fourth-order valence-corrected chi connectivity index (χ4v) is 2.14. The van der Waals surface area contributed by atoms with E-state index in [0.29, 0.717) is 5.92 Å². The highest BCUT2D eigenvalue weighted by Gasteiger charge is 2.20. The summed E-state index contributed by atoms with van der Waals surface area (Å²) in [6.45, 7) is 7.96. The summed E-state index contributed by atoms with van der Waals surface area (Å²) in [5, 5.41) is 11.6. The largest absolute Gasteiger partial charge is 0.480 e. The summed E-state index contributed by atoms with van der Waals surface area (Å²) in [5.41, 5.74) is 2.08. The first-order valence-corrected chi connectivity index (χ1v) is 7.71. The molecule has 0 saturated carbocycles. The third-order valence-corrected chi connectivity index (χ3v) is 3.19. The van der Waals surface area contributed by atoms with E-state index in [4.69, 9.17) is 9.84 Å². The van der Waals surface area contributed by atoms with Crippen LogP contribution in [-0.2, 0) is 27.2 Å². The van der Waals surface area contributed by atoms with Crippen molar-refractivity contribution < 1.29 is 19.4 Å². The molecule has 0 aliphatic carbocycles. The molecule has 0 aromatic heterocycles. The van der Waals surface area contributed by atoms with Crippen molar-refractivity contribution in [1.82, 2.24) is 5.32 Å². The van der Waals surface area contributed by atoms with Gasteiger partial charge in [0.15, 0.2) is 6.04 Å². The van der Waals surface area contributed by atoms with Crippen LogP contribution in [0.5, 0.6) is 0 Å². The van der Waals surface area contributed by atoms with Crippen molar-refractivity contribution in [2.75, 3.05) is 13.2 Å². The lowest BCUT2D eigenvalue weighted by Crippen LogP contribution is -2.44. The Morgan fingerprint density at radius 2 is 1.87 bits per heavy atom. The minimum atomic E-state index is -1.12. The molecule has 0 heterocycles. The molecule has 0 bridgehead atoms. The Bertz CT molecular complexity index is 522. The van der Waals surface area contributed by atoms with Gasteiger partial charge in [-0.2, -0.15) is 0 Å². The van der Waals surface area contributed by atoms with E-state index >= 15 is 0 Å². The van der Waals surface area contributed by atoms with Gasteiger partial charge in [-0.15, -0.1) is 6.58 Å². The highest BCUT2D eigenvalue weighted by atomic mass is 16.5. The quantitative estimate of drug-likeness (QED) is 0.512. The summed E-state index contributed by atoms with van der Waals surface area (Å²) >= 11 is 0. The average Bonchev–Trinajstić information content (AvgIpc) is 2.47. The predicted molar refractivity (Wildman–Crippen MR) is 89.3 cm³/mol. The second-order valence-electron chi connectivity index (χ2n) is 5.88. The van der Waals surface area contributed by atoms with Crippen LogP contribution in [0.2, 0.25) is 0 Å². The van der Waals surface area contributed by atoms with Gasteiger partial charge in [0.05, 0.1) is 19.6 Å². The SMILES string of the molecule is C=CCOCC(NC(=O)Cc1ccc(CC(C)C)cc1)C(=O)O. The number of benzene rings is 1. The maximum atomic E-state index is 12.0.